The Bertz CT molecular complexity index is 597. The van der Waals surface area contributed by atoms with Gasteiger partial charge >= 0.3 is 0 Å². The first-order valence-electron chi connectivity index (χ1n) is 6.36. The largest absolute Gasteiger partial charge is 0.399 e. The highest BCUT2D eigenvalue weighted by Crippen LogP contribution is 2.18. The molecule has 5 heteroatoms. The van der Waals surface area contributed by atoms with Crippen LogP contribution >= 0.6 is 0 Å². The molecule has 0 saturated heterocycles. The predicted octanol–water partition coefficient (Wildman–Crippen LogP) is 2.61. The molecule has 1 amide bonds. The van der Waals surface area contributed by atoms with E-state index >= 15 is 0 Å². The van der Waals surface area contributed by atoms with Gasteiger partial charge in [-0.25, -0.2) is 9.97 Å². The Hall–Kier alpha value is -2.43. The standard InChI is InChI=1S/C15H18N4O/c1-15(2,3)14-17-8-12(9-18-14)19-13(20)10-4-6-11(16)7-5-10/h4-9H,16H2,1-3H3,(H,19,20). The summed E-state index contributed by atoms with van der Waals surface area (Å²) in [6, 6.07) is 6.73. The fourth-order valence-electron chi connectivity index (χ4n) is 1.62. The van der Waals surface area contributed by atoms with E-state index in [4.69, 9.17) is 5.73 Å². The molecule has 0 radical (unpaired) electrons. The Morgan fingerprint density at radius 1 is 1.10 bits per heavy atom. The number of anilines is 2. The zero-order valence-corrected chi connectivity index (χ0v) is 11.8. The van der Waals surface area contributed by atoms with Crippen molar-refractivity contribution in [1.29, 1.82) is 0 Å². The first-order valence-corrected chi connectivity index (χ1v) is 6.36. The van der Waals surface area contributed by atoms with Crippen LogP contribution in [0.5, 0.6) is 0 Å². The number of rotatable bonds is 2. The van der Waals surface area contributed by atoms with Crippen LogP contribution in [0, 0.1) is 0 Å². The number of nitrogens with one attached hydrogen (secondary N) is 1. The monoisotopic (exact) mass is 270 g/mol. The van der Waals surface area contributed by atoms with Crippen LogP contribution in [0.15, 0.2) is 36.7 Å². The molecular weight excluding hydrogens is 252 g/mol. The lowest BCUT2D eigenvalue weighted by molar-refractivity contribution is 0.102. The van der Waals surface area contributed by atoms with Gasteiger partial charge in [0.1, 0.15) is 5.82 Å². The number of hydrogen-bond donors (Lipinski definition) is 2. The van der Waals surface area contributed by atoms with E-state index in [2.05, 4.69) is 15.3 Å². The molecule has 0 aliphatic carbocycles. The second-order valence-electron chi connectivity index (χ2n) is 5.62. The second kappa shape index (κ2) is 5.28. The van der Waals surface area contributed by atoms with Crippen LogP contribution in [-0.4, -0.2) is 15.9 Å². The van der Waals surface area contributed by atoms with Gasteiger partial charge in [0.25, 0.3) is 5.91 Å². The number of nitrogen functional groups attached to an aromatic ring is 1. The third kappa shape index (κ3) is 3.32. The summed E-state index contributed by atoms with van der Waals surface area (Å²) in [6.45, 7) is 6.11. The van der Waals surface area contributed by atoms with Crippen LogP contribution in [-0.2, 0) is 5.41 Å². The molecular formula is C15H18N4O. The van der Waals surface area contributed by atoms with Crippen molar-refractivity contribution in [2.75, 3.05) is 11.1 Å². The number of hydrogen-bond acceptors (Lipinski definition) is 4. The van der Waals surface area contributed by atoms with Gasteiger partial charge in [0, 0.05) is 16.7 Å². The number of amides is 1. The minimum atomic E-state index is -0.211. The smallest absolute Gasteiger partial charge is 0.255 e. The van der Waals surface area contributed by atoms with Gasteiger partial charge in [-0.05, 0) is 24.3 Å². The van der Waals surface area contributed by atoms with Crippen molar-refractivity contribution in [2.45, 2.75) is 26.2 Å². The lowest BCUT2D eigenvalue weighted by Gasteiger charge is -2.16. The normalized spacial score (nSPS) is 11.2. The van der Waals surface area contributed by atoms with Gasteiger partial charge in [-0.2, -0.15) is 0 Å². The minimum Gasteiger partial charge on any atom is -0.399 e. The average Bonchev–Trinajstić information content (AvgIpc) is 2.39. The Labute approximate surface area is 118 Å². The highest BCUT2D eigenvalue weighted by Gasteiger charge is 2.17. The molecule has 0 atom stereocenters. The van der Waals surface area contributed by atoms with Gasteiger partial charge in [-0.3, -0.25) is 4.79 Å². The number of nitrogens with zero attached hydrogens (tertiary/aromatic N) is 2. The van der Waals surface area contributed by atoms with Crippen molar-refractivity contribution in [3.8, 4) is 0 Å². The molecule has 1 aromatic carbocycles. The zero-order valence-electron chi connectivity index (χ0n) is 11.8. The fourth-order valence-corrected chi connectivity index (χ4v) is 1.62. The fraction of sp³-hybridized carbons (Fsp3) is 0.267. The summed E-state index contributed by atoms with van der Waals surface area (Å²) in [4.78, 5) is 20.5. The molecule has 0 saturated carbocycles. The number of aromatic nitrogens is 2. The molecule has 2 aromatic rings. The van der Waals surface area contributed by atoms with E-state index in [1.165, 1.54) is 0 Å². The van der Waals surface area contributed by atoms with E-state index in [9.17, 15) is 4.79 Å². The van der Waals surface area contributed by atoms with Crippen LogP contribution in [0.25, 0.3) is 0 Å². The maximum atomic E-state index is 12.0. The summed E-state index contributed by atoms with van der Waals surface area (Å²) in [5, 5.41) is 2.75. The number of carbonyl (C=O) groups is 1. The predicted molar refractivity (Wildman–Crippen MR) is 79.5 cm³/mol. The molecule has 0 unspecified atom stereocenters. The van der Waals surface area contributed by atoms with Gasteiger partial charge in [0.2, 0.25) is 0 Å². The molecule has 0 fully saturated rings. The first kappa shape index (κ1) is 14.0. The van der Waals surface area contributed by atoms with Crippen molar-refractivity contribution in [1.82, 2.24) is 9.97 Å². The van der Waals surface area contributed by atoms with Gasteiger partial charge < -0.3 is 11.1 Å². The number of benzene rings is 1. The van der Waals surface area contributed by atoms with E-state index in [1.807, 2.05) is 20.8 Å². The summed E-state index contributed by atoms with van der Waals surface area (Å²) in [7, 11) is 0. The Kier molecular flexibility index (Phi) is 3.70. The van der Waals surface area contributed by atoms with Gasteiger partial charge in [0.05, 0.1) is 18.1 Å². The van der Waals surface area contributed by atoms with Crippen molar-refractivity contribution in [3.63, 3.8) is 0 Å². The highest BCUT2D eigenvalue weighted by molar-refractivity contribution is 6.04. The Morgan fingerprint density at radius 2 is 1.65 bits per heavy atom. The van der Waals surface area contributed by atoms with E-state index in [-0.39, 0.29) is 11.3 Å². The van der Waals surface area contributed by atoms with Gasteiger partial charge in [0.15, 0.2) is 0 Å². The molecule has 2 rings (SSSR count). The maximum absolute atomic E-state index is 12.0. The molecule has 20 heavy (non-hydrogen) atoms. The molecule has 5 nitrogen and oxygen atoms in total. The third-order valence-electron chi connectivity index (χ3n) is 2.75. The van der Waals surface area contributed by atoms with Crippen LogP contribution in [0.1, 0.15) is 37.0 Å². The molecule has 1 heterocycles. The van der Waals surface area contributed by atoms with Crippen LogP contribution in [0.4, 0.5) is 11.4 Å². The topological polar surface area (TPSA) is 80.9 Å². The minimum absolute atomic E-state index is 0.112. The van der Waals surface area contributed by atoms with Crippen LogP contribution in [0.3, 0.4) is 0 Å². The Morgan fingerprint density at radius 3 is 2.15 bits per heavy atom. The van der Waals surface area contributed by atoms with E-state index < -0.39 is 0 Å². The quantitative estimate of drug-likeness (QED) is 0.822. The molecule has 0 spiro atoms. The Balaban J connectivity index is 2.10. The average molecular weight is 270 g/mol. The third-order valence-corrected chi connectivity index (χ3v) is 2.75. The summed E-state index contributed by atoms with van der Waals surface area (Å²) < 4.78 is 0. The molecule has 0 bridgehead atoms. The van der Waals surface area contributed by atoms with Crippen molar-refractivity contribution in [2.24, 2.45) is 0 Å². The van der Waals surface area contributed by atoms with Crippen molar-refractivity contribution >= 4 is 17.3 Å². The summed E-state index contributed by atoms with van der Waals surface area (Å²) in [5.74, 6) is 0.528. The summed E-state index contributed by atoms with van der Waals surface area (Å²) >= 11 is 0. The molecule has 3 N–H and O–H groups in total. The number of carbonyl (C=O) groups excluding carboxylic acids is 1. The first-order chi connectivity index (χ1) is 9.36. The van der Waals surface area contributed by atoms with Crippen LogP contribution < -0.4 is 11.1 Å². The highest BCUT2D eigenvalue weighted by atomic mass is 16.1. The lowest BCUT2D eigenvalue weighted by Crippen LogP contribution is -2.17. The molecule has 104 valence electrons. The van der Waals surface area contributed by atoms with Crippen molar-refractivity contribution in [3.05, 3.63) is 48.0 Å². The lowest BCUT2D eigenvalue weighted by atomic mass is 9.96. The molecule has 0 aliphatic heterocycles. The molecule has 1 aromatic heterocycles. The SMILES string of the molecule is CC(C)(C)c1ncc(NC(=O)c2ccc(N)cc2)cn1. The van der Waals surface area contributed by atoms with E-state index in [1.54, 1.807) is 36.7 Å². The van der Waals surface area contributed by atoms with Gasteiger partial charge in [-0.15, -0.1) is 0 Å². The second-order valence-corrected chi connectivity index (χ2v) is 5.62. The summed E-state index contributed by atoms with van der Waals surface area (Å²) in [5.41, 5.74) is 7.21. The number of nitrogens with two attached hydrogens (primary N) is 1. The van der Waals surface area contributed by atoms with E-state index in [0.717, 1.165) is 5.82 Å². The van der Waals surface area contributed by atoms with Gasteiger partial charge in [-0.1, -0.05) is 20.8 Å². The van der Waals surface area contributed by atoms with Crippen LogP contribution in [0.2, 0.25) is 0 Å². The maximum Gasteiger partial charge on any atom is 0.255 e. The molecule has 0 aliphatic rings. The zero-order chi connectivity index (χ0) is 14.8. The van der Waals surface area contributed by atoms with E-state index in [0.29, 0.717) is 16.9 Å². The van der Waals surface area contributed by atoms with Crippen molar-refractivity contribution < 1.29 is 4.79 Å². The summed E-state index contributed by atoms with van der Waals surface area (Å²) in [6.07, 6.45) is 3.23.